The van der Waals surface area contributed by atoms with Crippen LogP contribution in [0, 0.1) is 0 Å². The van der Waals surface area contributed by atoms with Gasteiger partial charge in [-0.05, 0) is 35.2 Å². The molecule has 3 aromatic rings. The molecular formula is C18H17NO3S. The summed E-state index contributed by atoms with van der Waals surface area (Å²) in [4.78, 5) is 12.9. The molecule has 0 aliphatic rings. The van der Waals surface area contributed by atoms with E-state index in [0.717, 1.165) is 10.1 Å². The van der Waals surface area contributed by atoms with Gasteiger partial charge in [0.05, 0.1) is 18.1 Å². The van der Waals surface area contributed by atoms with Crippen LogP contribution in [0.2, 0.25) is 0 Å². The molecule has 1 amide bonds. The van der Waals surface area contributed by atoms with Gasteiger partial charge in [0.2, 0.25) is 0 Å². The van der Waals surface area contributed by atoms with Gasteiger partial charge in [-0.15, -0.1) is 11.3 Å². The predicted octanol–water partition coefficient (Wildman–Crippen LogP) is 3.37. The molecule has 0 radical (unpaired) electrons. The first-order chi connectivity index (χ1) is 11.2. The number of hydrogen-bond acceptors (Lipinski definition) is 4. The summed E-state index contributed by atoms with van der Waals surface area (Å²) in [7, 11) is 1.58. The number of aliphatic hydroxyl groups excluding tert-OH is 1. The molecule has 1 unspecified atom stereocenters. The molecule has 2 aromatic carbocycles. The van der Waals surface area contributed by atoms with Gasteiger partial charge in [0.15, 0.2) is 0 Å². The van der Waals surface area contributed by atoms with Crippen LogP contribution in [0.4, 0.5) is 0 Å². The third kappa shape index (κ3) is 3.52. The zero-order chi connectivity index (χ0) is 16.2. The molecule has 1 aromatic heterocycles. The molecule has 1 atom stereocenters. The Morgan fingerprint density at radius 3 is 2.83 bits per heavy atom. The summed E-state index contributed by atoms with van der Waals surface area (Å²) >= 11 is 1.45. The van der Waals surface area contributed by atoms with Crippen LogP contribution in [-0.2, 0) is 0 Å². The van der Waals surface area contributed by atoms with Crippen molar-refractivity contribution in [2.75, 3.05) is 13.7 Å². The van der Waals surface area contributed by atoms with E-state index in [1.807, 2.05) is 42.5 Å². The minimum absolute atomic E-state index is 0.153. The van der Waals surface area contributed by atoms with E-state index in [-0.39, 0.29) is 12.5 Å². The lowest BCUT2D eigenvalue weighted by atomic mass is 10.1. The minimum atomic E-state index is -0.775. The van der Waals surface area contributed by atoms with Crippen LogP contribution < -0.4 is 10.1 Å². The Bertz CT molecular complexity index is 795. The highest BCUT2D eigenvalue weighted by atomic mass is 32.1. The summed E-state index contributed by atoms with van der Waals surface area (Å²) in [6.07, 6.45) is -0.775. The second kappa shape index (κ2) is 6.81. The standard InChI is InChI=1S/C18H17NO3S/c1-22-14-7-4-6-12(9-14)15(20)11-19-18(21)17-10-13-5-2-3-8-16(13)23-17/h2-10,15,20H,11H2,1H3,(H,19,21). The molecule has 0 spiro atoms. The highest BCUT2D eigenvalue weighted by Gasteiger charge is 2.13. The number of rotatable bonds is 5. The normalized spacial score (nSPS) is 12.1. The lowest BCUT2D eigenvalue weighted by Crippen LogP contribution is -2.27. The minimum Gasteiger partial charge on any atom is -0.497 e. The van der Waals surface area contributed by atoms with Crippen LogP contribution in [0.1, 0.15) is 21.3 Å². The number of carbonyl (C=O) groups excluding carboxylic acids is 1. The predicted molar refractivity (Wildman–Crippen MR) is 92.1 cm³/mol. The zero-order valence-electron chi connectivity index (χ0n) is 12.7. The van der Waals surface area contributed by atoms with Crippen LogP contribution in [0.15, 0.2) is 54.6 Å². The van der Waals surface area contributed by atoms with E-state index < -0.39 is 6.10 Å². The number of amides is 1. The Kier molecular flexibility index (Phi) is 4.60. The Balaban J connectivity index is 1.65. The fraction of sp³-hybridized carbons (Fsp3) is 0.167. The Morgan fingerprint density at radius 2 is 2.04 bits per heavy atom. The first-order valence-corrected chi connectivity index (χ1v) is 8.08. The number of ether oxygens (including phenoxy) is 1. The second-order valence-corrected chi connectivity index (χ2v) is 6.23. The quantitative estimate of drug-likeness (QED) is 0.755. The number of fused-ring (bicyclic) bond motifs is 1. The van der Waals surface area contributed by atoms with Crippen molar-refractivity contribution in [2.45, 2.75) is 6.10 Å². The summed E-state index contributed by atoms with van der Waals surface area (Å²) in [6.45, 7) is 0.153. The zero-order valence-corrected chi connectivity index (χ0v) is 13.5. The second-order valence-electron chi connectivity index (χ2n) is 5.15. The molecule has 4 nitrogen and oxygen atoms in total. The van der Waals surface area contributed by atoms with Crippen molar-refractivity contribution in [1.29, 1.82) is 0 Å². The highest BCUT2D eigenvalue weighted by Crippen LogP contribution is 2.25. The maximum Gasteiger partial charge on any atom is 0.261 e. The van der Waals surface area contributed by atoms with E-state index in [9.17, 15) is 9.90 Å². The Labute approximate surface area is 138 Å². The number of hydrogen-bond donors (Lipinski definition) is 2. The highest BCUT2D eigenvalue weighted by molar-refractivity contribution is 7.20. The van der Waals surface area contributed by atoms with Gasteiger partial charge in [-0.3, -0.25) is 4.79 Å². The molecule has 0 saturated heterocycles. The lowest BCUT2D eigenvalue weighted by molar-refractivity contribution is 0.0920. The maximum absolute atomic E-state index is 12.2. The average molecular weight is 327 g/mol. The van der Waals surface area contributed by atoms with E-state index in [4.69, 9.17) is 4.74 Å². The molecule has 1 heterocycles. The van der Waals surface area contributed by atoms with E-state index in [1.54, 1.807) is 19.2 Å². The SMILES string of the molecule is COc1cccc(C(O)CNC(=O)c2cc3ccccc3s2)c1. The van der Waals surface area contributed by atoms with Crippen molar-refractivity contribution in [3.05, 3.63) is 65.0 Å². The fourth-order valence-electron chi connectivity index (χ4n) is 2.34. The Morgan fingerprint density at radius 1 is 1.22 bits per heavy atom. The number of aliphatic hydroxyl groups is 1. The Hall–Kier alpha value is -2.37. The average Bonchev–Trinajstić information content (AvgIpc) is 3.03. The first kappa shape index (κ1) is 15.5. The number of benzene rings is 2. The molecule has 0 bridgehead atoms. The molecule has 0 aliphatic carbocycles. The fourth-order valence-corrected chi connectivity index (χ4v) is 3.32. The third-order valence-electron chi connectivity index (χ3n) is 3.58. The number of methoxy groups -OCH3 is 1. The van der Waals surface area contributed by atoms with Crippen LogP contribution in [0.3, 0.4) is 0 Å². The van der Waals surface area contributed by atoms with Crippen molar-refractivity contribution in [3.8, 4) is 5.75 Å². The van der Waals surface area contributed by atoms with Crippen LogP contribution in [-0.4, -0.2) is 24.7 Å². The molecular weight excluding hydrogens is 310 g/mol. The van der Waals surface area contributed by atoms with Crippen molar-refractivity contribution in [1.82, 2.24) is 5.32 Å². The summed E-state index contributed by atoms with van der Waals surface area (Å²) in [5.74, 6) is 0.505. The smallest absolute Gasteiger partial charge is 0.261 e. The van der Waals surface area contributed by atoms with E-state index in [1.165, 1.54) is 11.3 Å². The first-order valence-electron chi connectivity index (χ1n) is 7.26. The third-order valence-corrected chi connectivity index (χ3v) is 4.70. The van der Waals surface area contributed by atoms with E-state index >= 15 is 0 Å². The largest absolute Gasteiger partial charge is 0.497 e. The van der Waals surface area contributed by atoms with Gasteiger partial charge >= 0.3 is 0 Å². The molecule has 5 heteroatoms. The number of nitrogens with one attached hydrogen (secondary N) is 1. The lowest BCUT2D eigenvalue weighted by Gasteiger charge is -2.12. The van der Waals surface area contributed by atoms with Crippen molar-refractivity contribution in [3.63, 3.8) is 0 Å². The van der Waals surface area contributed by atoms with Crippen LogP contribution in [0.25, 0.3) is 10.1 Å². The van der Waals surface area contributed by atoms with Gasteiger partial charge in [0, 0.05) is 11.2 Å². The molecule has 0 saturated carbocycles. The molecule has 0 aliphatic heterocycles. The summed E-state index contributed by atoms with van der Waals surface area (Å²) < 4.78 is 6.21. The van der Waals surface area contributed by atoms with E-state index in [0.29, 0.717) is 16.2 Å². The van der Waals surface area contributed by atoms with E-state index in [2.05, 4.69) is 5.32 Å². The van der Waals surface area contributed by atoms with Crippen molar-refractivity contribution >= 4 is 27.3 Å². The molecule has 0 fully saturated rings. The molecule has 2 N–H and O–H groups in total. The topological polar surface area (TPSA) is 58.6 Å². The number of carbonyl (C=O) groups is 1. The van der Waals surface area contributed by atoms with Gasteiger partial charge in [0.1, 0.15) is 5.75 Å². The van der Waals surface area contributed by atoms with Gasteiger partial charge in [-0.1, -0.05) is 30.3 Å². The van der Waals surface area contributed by atoms with Crippen LogP contribution >= 0.6 is 11.3 Å². The molecule has 118 valence electrons. The summed E-state index contributed by atoms with van der Waals surface area (Å²) in [6, 6.07) is 16.9. The van der Waals surface area contributed by atoms with Crippen molar-refractivity contribution < 1.29 is 14.6 Å². The van der Waals surface area contributed by atoms with Gasteiger partial charge in [0.25, 0.3) is 5.91 Å². The van der Waals surface area contributed by atoms with Crippen LogP contribution in [0.5, 0.6) is 5.75 Å². The number of thiophene rings is 1. The van der Waals surface area contributed by atoms with Gasteiger partial charge < -0.3 is 15.2 Å². The summed E-state index contributed by atoms with van der Waals surface area (Å²) in [5.41, 5.74) is 0.709. The summed E-state index contributed by atoms with van der Waals surface area (Å²) in [5, 5.41) is 14.0. The van der Waals surface area contributed by atoms with Gasteiger partial charge in [-0.2, -0.15) is 0 Å². The molecule has 23 heavy (non-hydrogen) atoms. The maximum atomic E-state index is 12.2. The monoisotopic (exact) mass is 327 g/mol. The van der Waals surface area contributed by atoms with Gasteiger partial charge in [-0.25, -0.2) is 0 Å². The van der Waals surface area contributed by atoms with Crippen molar-refractivity contribution in [2.24, 2.45) is 0 Å². The molecule has 3 rings (SSSR count).